The lowest BCUT2D eigenvalue weighted by atomic mass is 10.1. The molecule has 3 rings (SSSR count). The van der Waals surface area contributed by atoms with Crippen molar-refractivity contribution in [1.82, 2.24) is 0 Å². The third kappa shape index (κ3) is 3.61. The average Bonchev–Trinajstić information content (AvgIpc) is 2.53. The van der Waals surface area contributed by atoms with Crippen LogP contribution in [0.3, 0.4) is 0 Å². The second-order valence-electron chi connectivity index (χ2n) is 4.98. The number of benzene rings is 3. The zero-order valence-corrected chi connectivity index (χ0v) is 14.1. The van der Waals surface area contributed by atoms with Gasteiger partial charge in [0, 0.05) is 25.8 Å². The normalized spacial score (nSPS) is 10.7. The van der Waals surface area contributed by atoms with Crippen LogP contribution in [-0.4, -0.2) is 5.97 Å². The minimum atomic E-state index is -0.401. The maximum atomic E-state index is 12.2. The summed E-state index contributed by atoms with van der Waals surface area (Å²) in [5, 5.41) is 3.20. The van der Waals surface area contributed by atoms with Crippen LogP contribution in [0, 0.1) is 0 Å². The lowest BCUT2D eigenvalue weighted by Crippen LogP contribution is -2.11. The molecule has 0 saturated carbocycles. The Hall–Kier alpha value is -1.74. The molecule has 3 aromatic carbocycles. The van der Waals surface area contributed by atoms with Gasteiger partial charge in [-0.2, -0.15) is 0 Å². The van der Waals surface area contributed by atoms with Gasteiger partial charge in [0.05, 0.1) is 6.42 Å². The molecule has 0 atom stereocenters. The number of hydrogen-bond donors (Lipinski definition) is 0. The Morgan fingerprint density at radius 2 is 1.61 bits per heavy atom. The summed E-state index contributed by atoms with van der Waals surface area (Å²) in [5.74, 6) is 0.0711. The van der Waals surface area contributed by atoms with Gasteiger partial charge in [-0.15, -0.1) is 0 Å². The molecule has 0 fully saturated rings. The van der Waals surface area contributed by atoms with E-state index in [4.69, 9.17) is 39.5 Å². The monoisotopic (exact) mass is 364 g/mol. The summed E-state index contributed by atoms with van der Waals surface area (Å²) in [6.45, 7) is 0. The van der Waals surface area contributed by atoms with E-state index in [1.165, 1.54) is 0 Å². The van der Waals surface area contributed by atoms with E-state index in [2.05, 4.69) is 0 Å². The lowest BCUT2D eigenvalue weighted by molar-refractivity contribution is -0.133. The molecule has 23 heavy (non-hydrogen) atoms. The summed E-state index contributed by atoms with van der Waals surface area (Å²) < 4.78 is 5.48. The van der Waals surface area contributed by atoms with Gasteiger partial charge in [0.15, 0.2) is 0 Å². The summed E-state index contributed by atoms with van der Waals surface area (Å²) >= 11 is 18.1. The Morgan fingerprint density at radius 3 is 2.35 bits per heavy atom. The first kappa shape index (κ1) is 16.1. The average molecular weight is 366 g/mol. The highest BCUT2D eigenvalue weighted by Crippen LogP contribution is 2.31. The van der Waals surface area contributed by atoms with E-state index < -0.39 is 5.97 Å². The maximum absolute atomic E-state index is 12.2. The van der Waals surface area contributed by atoms with Crippen LogP contribution in [0.2, 0.25) is 15.1 Å². The fraction of sp³-hybridized carbons (Fsp3) is 0.0556. The Balaban J connectivity index is 1.85. The second-order valence-corrected chi connectivity index (χ2v) is 6.23. The van der Waals surface area contributed by atoms with Gasteiger partial charge in [-0.3, -0.25) is 4.79 Å². The van der Waals surface area contributed by atoms with Crippen LogP contribution in [0.15, 0.2) is 54.6 Å². The van der Waals surface area contributed by atoms with E-state index in [1.54, 1.807) is 30.3 Å². The van der Waals surface area contributed by atoms with Crippen molar-refractivity contribution < 1.29 is 9.53 Å². The van der Waals surface area contributed by atoms with Crippen LogP contribution in [0.1, 0.15) is 5.56 Å². The van der Waals surface area contributed by atoms with Crippen LogP contribution >= 0.6 is 34.8 Å². The van der Waals surface area contributed by atoms with Crippen LogP contribution in [0.25, 0.3) is 10.8 Å². The Kier molecular flexibility index (Phi) is 4.76. The summed E-state index contributed by atoms with van der Waals surface area (Å²) in [4.78, 5) is 12.2. The van der Waals surface area contributed by atoms with Crippen LogP contribution in [0.4, 0.5) is 0 Å². The predicted octanol–water partition coefficient (Wildman–Crippen LogP) is 5.95. The van der Waals surface area contributed by atoms with Gasteiger partial charge in [-0.1, -0.05) is 65.1 Å². The molecule has 0 aliphatic heterocycles. The Labute approximate surface area is 148 Å². The van der Waals surface area contributed by atoms with E-state index >= 15 is 0 Å². The molecular weight excluding hydrogens is 355 g/mol. The Morgan fingerprint density at radius 1 is 0.870 bits per heavy atom. The molecule has 0 radical (unpaired) electrons. The lowest BCUT2D eigenvalue weighted by Gasteiger charge is -2.09. The van der Waals surface area contributed by atoms with E-state index in [-0.39, 0.29) is 6.42 Å². The molecule has 0 bridgehead atoms. The third-order valence-corrected chi connectivity index (χ3v) is 4.32. The van der Waals surface area contributed by atoms with Gasteiger partial charge in [0.2, 0.25) is 0 Å². The highest BCUT2D eigenvalue weighted by atomic mass is 35.5. The van der Waals surface area contributed by atoms with Crippen LogP contribution in [-0.2, 0) is 11.2 Å². The number of rotatable bonds is 3. The number of hydrogen-bond acceptors (Lipinski definition) is 2. The van der Waals surface area contributed by atoms with Crippen LogP contribution < -0.4 is 4.74 Å². The first-order valence-corrected chi connectivity index (χ1v) is 8.00. The van der Waals surface area contributed by atoms with E-state index in [1.807, 2.05) is 24.3 Å². The maximum Gasteiger partial charge on any atom is 0.315 e. The highest BCUT2D eigenvalue weighted by Gasteiger charge is 2.12. The number of ether oxygens (including phenoxy) is 1. The molecule has 0 aliphatic carbocycles. The van der Waals surface area contributed by atoms with Crippen molar-refractivity contribution in [3.63, 3.8) is 0 Å². The van der Waals surface area contributed by atoms with Crippen molar-refractivity contribution in [3.05, 3.63) is 75.2 Å². The van der Waals surface area contributed by atoms with E-state index in [0.29, 0.717) is 26.4 Å². The molecule has 0 saturated heterocycles. The zero-order valence-electron chi connectivity index (χ0n) is 11.9. The fourth-order valence-electron chi connectivity index (χ4n) is 2.30. The van der Waals surface area contributed by atoms with Crippen molar-refractivity contribution in [1.29, 1.82) is 0 Å². The van der Waals surface area contributed by atoms with Crippen molar-refractivity contribution >= 4 is 51.5 Å². The SMILES string of the molecule is O=C(Cc1ccc(Cl)cc1Cl)Oc1ccc(Cl)c2ccccc12. The number of fused-ring (bicyclic) bond motifs is 1. The quantitative estimate of drug-likeness (QED) is 0.423. The summed E-state index contributed by atoms with van der Waals surface area (Å²) in [6, 6.07) is 15.9. The molecule has 0 N–H and O–H groups in total. The van der Waals surface area contributed by atoms with Gasteiger partial charge in [-0.05, 0) is 29.8 Å². The van der Waals surface area contributed by atoms with Gasteiger partial charge >= 0.3 is 5.97 Å². The molecular formula is C18H11Cl3O2. The van der Waals surface area contributed by atoms with E-state index in [9.17, 15) is 4.79 Å². The van der Waals surface area contributed by atoms with Crippen molar-refractivity contribution in [2.24, 2.45) is 0 Å². The standard InChI is InChI=1S/C18H11Cl3O2/c19-12-6-5-11(16(21)10-12)9-18(22)23-17-8-7-15(20)13-3-1-2-4-14(13)17/h1-8,10H,9H2. The molecule has 3 aromatic rings. The Bertz CT molecular complexity index is 891. The van der Waals surface area contributed by atoms with Gasteiger partial charge in [0.1, 0.15) is 5.75 Å². The highest BCUT2D eigenvalue weighted by molar-refractivity contribution is 6.36. The zero-order chi connectivity index (χ0) is 16.4. The van der Waals surface area contributed by atoms with Gasteiger partial charge in [0.25, 0.3) is 0 Å². The summed E-state index contributed by atoms with van der Waals surface area (Å²) in [7, 11) is 0. The van der Waals surface area contributed by atoms with Crippen LogP contribution in [0.5, 0.6) is 5.75 Å². The number of carbonyl (C=O) groups excluding carboxylic acids is 1. The molecule has 2 nitrogen and oxygen atoms in total. The molecule has 0 unspecified atom stereocenters. The molecule has 0 amide bonds. The summed E-state index contributed by atoms with van der Waals surface area (Å²) in [5.41, 5.74) is 0.666. The van der Waals surface area contributed by atoms with Crippen molar-refractivity contribution in [2.45, 2.75) is 6.42 Å². The summed E-state index contributed by atoms with van der Waals surface area (Å²) in [6.07, 6.45) is 0.0625. The van der Waals surface area contributed by atoms with Crippen molar-refractivity contribution in [3.8, 4) is 5.75 Å². The molecule has 0 aliphatic rings. The molecule has 5 heteroatoms. The topological polar surface area (TPSA) is 26.3 Å². The number of carbonyl (C=O) groups is 1. The van der Waals surface area contributed by atoms with Gasteiger partial charge in [-0.25, -0.2) is 0 Å². The third-order valence-electron chi connectivity index (χ3n) is 3.40. The number of halogens is 3. The first-order valence-electron chi connectivity index (χ1n) is 6.86. The first-order chi connectivity index (χ1) is 11.0. The molecule has 0 spiro atoms. The molecule has 116 valence electrons. The minimum Gasteiger partial charge on any atom is -0.426 e. The predicted molar refractivity (Wildman–Crippen MR) is 94.8 cm³/mol. The number of esters is 1. The molecule has 0 heterocycles. The van der Waals surface area contributed by atoms with Crippen molar-refractivity contribution in [2.75, 3.05) is 0 Å². The minimum absolute atomic E-state index is 0.0625. The second kappa shape index (κ2) is 6.79. The smallest absolute Gasteiger partial charge is 0.315 e. The van der Waals surface area contributed by atoms with Gasteiger partial charge < -0.3 is 4.74 Å². The van der Waals surface area contributed by atoms with E-state index in [0.717, 1.165) is 10.8 Å². The molecule has 0 aromatic heterocycles. The fourth-order valence-corrected chi connectivity index (χ4v) is 3.01. The largest absolute Gasteiger partial charge is 0.426 e.